The SMILES string of the molecule is CCN=c1ccc2c(CCC(=O)O)c3ccc(NCC)cc3oc-2c1. The van der Waals surface area contributed by atoms with Gasteiger partial charge in [0.1, 0.15) is 11.3 Å². The van der Waals surface area contributed by atoms with Crippen LogP contribution in [0.1, 0.15) is 25.8 Å². The molecule has 0 saturated heterocycles. The lowest BCUT2D eigenvalue weighted by atomic mass is 9.96. The van der Waals surface area contributed by atoms with Crippen LogP contribution in [0.25, 0.3) is 22.3 Å². The van der Waals surface area contributed by atoms with Crippen molar-refractivity contribution in [2.24, 2.45) is 4.99 Å². The molecule has 0 atom stereocenters. The molecule has 1 heterocycles. The monoisotopic (exact) mass is 338 g/mol. The van der Waals surface area contributed by atoms with Crippen molar-refractivity contribution in [2.45, 2.75) is 26.7 Å². The van der Waals surface area contributed by atoms with Crippen LogP contribution in [-0.4, -0.2) is 24.2 Å². The number of aliphatic carboxylic acids is 1. The Kier molecular flexibility index (Phi) is 5.03. The Bertz CT molecular complexity index is 943. The summed E-state index contributed by atoms with van der Waals surface area (Å²) >= 11 is 0. The third-order valence-corrected chi connectivity index (χ3v) is 4.13. The Hall–Kier alpha value is -2.82. The predicted molar refractivity (Wildman–Crippen MR) is 99.1 cm³/mol. The van der Waals surface area contributed by atoms with Gasteiger partial charge >= 0.3 is 5.97 Å². The van der Waals surface area contributed by atoms with Gasteiger partial charge in [-0.3, -0.25) is 9.79 Å². The molecule has 1 aromatic carbocycles. The average Bonchev–Trinajstić information content (AvgIpc) is 2.59. The molecule has 1 aliphatic carbocycles. The van der Waals surface area contributed by atoms with Crippen molar-refractivity contribution in [3.63, 3.8) is 0 Å². The Labute approximate surface area is 146 Å². The van der Waals surface area contributed by atoms with Gasteiger partial charge in [0.2, 0.25) is 0 Å². The van der Waals surface area contributed by atoms with E-state index >= 15 is 0 Å². The van der Waals surface area contributed by atoms with Crippen LogP contribution in [0.15, 0.2) is 45.8 Å². The number of benzene rings is 2. The maximum absolute atomic E-state index is 11.1. The van der Waals surface area contributed by atoms with Gasteiger partial charge in [0, 0.05) is 48.3 Å². The number of nitrogens with one attached hydrogen (secondary N) is 1. The lowest BCUT2D eigenvalue weighted by Gasteiger charge is -2.15. The van der Waals surface area contributed by atoms with E-state index in [-0.39, 0.29) is 6.42 Å². The highest BCUT2D eigenvalue weighted by Gasteiger charge is 2.16. The van der Waals surface area contributed by atoms with Crippen molar-refractivity contribution in [2.75, 3.05) is 18.4 Å². The van der Waals surface area contributed by atoms with Crippen LogP contribution in [0.2, 0.25) is 0 Å². The molecule has 2 N–H and O–H groups in total. The van der Waals surface area contributed by atoms with E-state index in [0.29, 0.717) is 13.0 Å². The minimum absolute atomic E-state index is 0.0876. The Balaban J connectivity index is 2.25. The van der Waals surface area contributed by atoms with Gasteiger partial charge in [0.15, 0.2) is 0 Å². The van der Waals surface area contributed by atoms with Crippen molar-refractivity contribution in [3.8, 4) is 11.3 Å². The highest BCUT2D eigenvalue weighted by molar-refractivity contribution is 5.90. The first-order valence-corrected chi connectivity index (χ1v) is 8.58. The third kappa shape index (κ3) is 3.65. The van der Waals surface area contributed by atoms with Crippen LogP contribution < -0.4 is 10.7 Å². The van der Waals surface area contributed by atoms with Gasteiger partial charge < -0.3 is 14.8 Å². The summed E-state index contributed by atoms with van der Waals surface area (Å²) in [4.78, 5) is 15.5. The summed E-state index contributed by atoms with van der Waals surface area (Å²) in [5.74, 6) is -0.0693. The fourth-order valence-corrected chi connectivity index (χ4v) is 3.06. The molecule has 0 bridgehead atoms. The number of aryl methyl sites for hydroxylation is 1. The molecule has 0 fully saturated rings. The van der Waals surface area contributed by atoms with Crippen molar-refractivity contribution in [3.05, 3.63) is 47.3 Å². The zero-order chi connectivity index (χ0) is 17.8. The lowest BCUT2D eigenvalue weighted by molar-refractivity contribution is -0.136. The molecular formula is C20H22N2O3. The van der Waals surface area contributed by atoms with Gasteiger partial charge in [-0.1, -0.05) is 0 Å². The number of anilines is 1. The molecule has 5 heteroatoms. The van der Waals surface area contributed by atoms with E-state index in [4.69, 9.17) is 9.52 Å². The van der Waals surface area contributed by atoms with Crippen molar-refractivity contribution >= 4 is 22.6 Å². The standard InChI is InChI=1S/C20H22N2O3/c1-3-21-13-5-7-16-15(9-10-20(23)24)17-8-6-14(22-4-2)12-19(17)25-18(16)11-13/h5-8,11-12,21H,3-4,9-10H2,1-2H3,(H,23,24). The molecule has 0 unspecified atom stereocenters. The smallest absolute Gasteiger partial charge is 0.303 e. The summed E-state index contributed by atoms with van der Waals surface area (Å²) in [6.45, 7) is 5.56. The molecular weight excluding hydrogens is 316 g/mol. The zero-order valence-corrected chi connectivity index (χ0v) is 14.5. The molecule has 3 rings (SSSR count). The first kappa shape index (κ1) is 17.0. The third-order valence-electron chi connectivity index (χ3n) is 4.13. The number of carboxylic acids is 1. The molecule has 25 heavy (non-hydrogen) atoms. The van der Waals surface area contributed by atoms with Gasteiger partial charge in [-0.05, 0) is 50.1 Å². The first-order chi connectivity index (χ1) is 12.1. The number of carbonyl (C=O) groups is 1. The largest absolute Gasteiger partial charge is 0.481 e. The van der Waals surface area contributed by atoms with E-state index < -0.39 is 5.97 Å². The Morgan fingerprint density at radius 1 is 1.20 bits per heavy atom. The molecule has 0 amide bonds. The van der Waals surface area contributed by atoms with E-state index in [9.17, 15) is 4.79 Å². The predicted octanol–water partition coefficient (Wildman–Crippen LogP) is 3.91. The van der Waals surface area contributed by atoms with Crippen LogP contribution in [-0.2, 0) is 11.2 Å². The van der Waals surface area contributed by atoms with E-state index in [1.54, 1.807) is 0 Å². The number of rotatable bonds is 6. The fraction of sp³-hybridized carbons (Fsp3) is 0.300. The van der Waals surface area contributed by atoms with E-state index in [2.05, 4.69) is 10.3 Å². The Morgan fingerprint density at radius 3 is 2.76 bits per heavy atom. The zero-order valence-electron chi connectivity index (χ0n) is 14.5. The lowest BCUT2D eigenvalue weighted by Crippen LogP contribution is -2.06. The summed E-state index contributed by atoms with van der Waals surface area (Å²) in [7, 11) is 0. The molecule has 1 aromatic rings. The molecule has 5 nitrogen and oxygen atoms in total. The highest BCUT2D eigenvalue weighted by Crippen LogP contribution is 2.34. The quantitative estimate of drug-likeness (QED) is 0.668. The van der Waals surface area contributed by atoms with E-state index in [0.717, 1.165) is 45.4 Å². The van der Waals surface area contributed by atoms with Crippen LogP contribution in [0, 0.1) is 0 Å². The van der Waals surface area contributed by atoms with Crippen LogP contribution in [0.5, 0.6) is 0 Å². The maximum atomic E-state index is 11.1. The first-order valence-electron chi connectivity index (χ1n) is 8.58. The maximum Gasteiger partial charge on any atom is 0.303 e. The molecule has 0 spiro atoms. The molecule has 1 aliphatic heterocycles. The number of hydrogen-bond acceptors (Lipinski definition) is 4. The van der Waals surface area contributed by atoms with Crippen molar-refractivity contribution in [1.29, 1.82) is 0 Å². The number of nitrogens with zero attached hydrogens (tertiary/aromatic N) is 1. The highest BCUT2D eigenvalue weighted by atomic mass is 16.4. The number of hydrogen-bond donors (Lipinski definition) is 2. The number of fused-ring (bicyclic) bond motifs is 2. The topological polar surface area (TPSA) is 74.8 Å². The summed E-state index contributed by atoms with van der Waals surface area (Å²) in [5, 5.41) is 14.2. The second-order valence-corrected chi connectivity index (χ2v) is 5.87. The second kappa shape index (κ2) is 7.38. The average molecular weight is 338 g/mol. The van der Waals surface area contributed by atoms with Crippen LogP contribution in [0.3, 0.4) is 0 Å². The van der Waals surface area contributed by atoms with Gasteiger partial charge in [-0.2, -0.15) is 0 Å². The Morgan fingerprint density at radius 2 is 2.04 bits per heavy atom. The molecule has 0 saturated carbocycles. The van der Waals surface area contributed by atoms with Gasteiger partial charge in [-0.25, -0.2) is 0 Å². The summed E-state index contributed by atoms with van der Waals surface area (Å²) in [6.07, 6.45) is 0.549. The molecule has 0 radical (unpaired) electrons. The summed E-state index contributed by atoms with van der Waals surface area (Å²) in [6, 6.07) is 11.8. The van der Waals surface area contributed by atoms with Gasteiger partial charge in [0.25, 0.3) is 0 Å². The molecule has 0 aromatic heterocycles. The minimum atomic E-state index is -0.802. The van der Waals surface area contributed by atoms with Crippen molar-refractivity contribution in [1.82, 2.24) is 0 Å². The van der Waals surface area contributed by atoms with Crippen molar-refractivity contribution < 1.29 is 14.3 Å². The second-order valence-electron chi connectivity index (χ2n) is 5.87. The van der Waals surface area contributed by atoms with Gasteiger partial charge in [-0.15, -0.1) is 0 Å². The van der Waals surface area contributed by atoms with Crippen LogP contribution in [0.4, 0.5) is 5.69 Å². The van der Waals surface area contributed by atoms with Crippen LogP contribution >= 0.6 is 0 Å². The number of carboxylic acid groups (broad SMARTS) is 1. The van der Waals surface area contributed by atoms with Gasteiger partial charge in [0.05, 0.1) is 5.36 Å². The summed E-state index contributed by atoms with van der Waals surface area (Å²) in [5.41, 5.74) is 3.68. The van der Waals surface area contributed by atoms with E-state index in [1.165, 1.54) is 0 Å². The fourth-order valence-electron chi connectivity index (χ4n) is 3.06. The molecule has 2 aliphatic rings. The molecule has 130 valence electrons. The summed E-state index contributed by atoms with van der Waals surface area (Å²) < 4.78 is 6.12. The minimum Gasteiger partial charge on any atom is -0.481 e. The van der Waals surface area contributed by atoms with E-state index in [1.807, 2.05) is 50.2 Å². The normalized spacial score (nSPS) is 12.0.